The summed E-state index contributed by atoms with van der Waals surface area (Å²) >= 11 is 0. The predicted octanol–water partition coefficient (Wildman–Crippen LogP) is 2.95. The number of hydrogen-bond donors (Lipinski definition) is 0. The summed E-state index contributed by atoms with van der Waals surface area (Å²) in [5.41, 5.74) is 1.76. The van der Waals surface area contributed by atoms with Gasteiger partial charge in [0.2, 0.25) is 15.9 Å². The van der Waals surface area contributed by atoms with Crippen LogP contribution in [0.15, 0.2) is 53.4 Å². The van der Waals surface area contributed by atoms with Crippen LogP contribution in [0, 0.1) is 12.7 Å². The second-order valence-corrected chi connectivity index (χ2v) is 8.80. The number of sulfonamides is 1. The van der Waals surface area contributed by atoms with E-state index in [1.54, 1.807) is 43.4 Å². The molecular formula is C20H23FN2O3S. The molecule has 27 heavy (non-hydrogen) atoms. The summed E-state index contributed by atoms with van der Waals surface area (Å²) in [4.78, 5) is 14.6. The number of likely N-dealkylation sites (N-methyl/N-ethyl adjacent to an activating group) is 1. The molecule has 7 heteroatoms. The van der Waals surface area contributed by atoms with Crippen LogP contribution in [0.2, 0.25) is 0 Å². The van der Waals surface area contributed by atoms with Crippen LogP contribution in [0.3, 0.4) is 0 Å². The summed E-state index contributed by atoms with van der Waals surface area (Å²) in [5.74, 6) is -0.577. The maximum Gasteiger partial charge on any atom is 0.243 e. The molecule has 0 aliphatic carbocycles. The van der Waals surface area contributed by atoms with Gasteiger partial charge in [0.1, 0.15) is 11.9 Å². The van der Waals surface area contributed by atoms with Crippen LogP contribution in [0.1, 0.15) is 24.0 Å². The summed E-state index contributed by atoms with van der Waals surface area (Å²) in [7, 11) is -2.09. The third kappa shape index (κ3) is 4.20. The number of rotatable bonds is 5. The molecule has 2 aromatic rings. The van der Waals surface area contributed by atoms with Crippen molar-refractivity contribution < 1.29 is 17.6 Å². The Hall–Kier alpha value is -2.25. The third-order valence-corrected chi connectivity index (χ3v) is 6.75. The van der Waals surface area contributed by atoms with Gasteiger partial charge in [-0.25, -0.2) is 12.8 Å². The second-order valence-electron chi connectivity index (χ2n) is 6.91. The molecule has 1 atom stereocenters. The third-order valence-electron chi connectivity index (χ3n) is 4.83. The van der Waals surface area contributed by atoms with Gasteiger partial charge < -0.3 is 4.90 Å². The minimum atomic E-state index is -3.73. The van der Waals surface area contributed by atoms with E-state index < -0.39 is 16.1 Å². The maximum atomic E-state index is 13.0. The van der Waals surface area contributed by atoms with Crippen molar-refractivity contribution in [2.75, 3.05) is 13.6 Å². The molecule has 0 radical (unpaired) electrons. The largest absolute Gasteiger partial charge is 0.340 e. The molecule has 1 aliphatic rings. The van der Waals surface area contributed by atoms with E-state index in [-0.39, 0.29) is 16.6 Å². The molecule has 0 N–H and O–H groups in total. The SMILES string of the molecule is Cc1ccc(S(=O)(=O)N2CCCC2C(=O)N(C)Cc2ccc(F)cc2)cc1. The van der Waals surface area contributed by atoms with Crippen molar-refractivity contribution in [1.29, 1.82) is 0 Å². The van der Waals surface area contributed by atoms with Gasteiger partial charge in [0.15, 0.2) is 0 Å². The highest BCUT2D eigenvalue weighted by Crippen LogP contribution is 2.27. The Bertz CT molecular complexity index is 911. The first kappa shape index (κ1) is 19.5. The van der Waals surface area contributed by atoms with Crippen LogP contribution in [0.5, 0.6) is 0 Å². The van der Waals surface area contributed by atoms with E-state index in [0.29, 0.717) is 25.9 Å². The van der Waals surface area contributed by atoms with Crippen LogP contribution in [0.4, 0.5) is 4.39 Å². The van der Waals surface area contributed by atoms with Crippen molar-refractivity contribution in [3.05, 3.63) is 65.5 Å². The topological polar surface area (TPSA) is 57.7 Å². The molecule has 1 amide bonds. The number of halogens is 1. The quantitative estimate of drug-likeness (QED) is 0.789. The zero-order valence-electron chi connectivity index (χ0n) is 15.4. The Labute approximate surface area is 159 Å². The Morgan fingerprint density at radius 1 is 1.15 bits per heavy atom. The second kappa shape index (κ2) is 7.78. The van der Waals surface area contributed by atoms with Crippen molar-refractivity contribution in [3.63, 3.8) is 0 Å². The van der Waals surface area contributed by atoms with Gasteiger partial charge in [0.25, 0.3) is 0 Å². The molecule has 1 heterocycles. The fraction of sp³-hybridized carbons (Fsp3) is 0.350. The first-order valence-electron chi connectivity index (χ1n) is 8.87. The van der Waals surface area contributed by atoms with Gasteiger partial charge in [-0.3, -0.25) is 4.79 Å². The summed E-state index contributed by atoms with van der Waals surface area (Å²) < 4.78 is 40.3. The summed E-state index contributed by atoms with van der Waals surface area (Å²) in [6, 6.07) is 11.9. The van der Waals surface area contributed by atoms with E-state index >= 15 is 0 Å². The van der Waals surface area contributed by atoms with Gasteiger partial charge in [0, 0.05) is 20.1 Å². The average Bonchev–Trinajstić information content (AvgIpc) is 3.14. The fourth-order valence-corrected chi connectivity index (χ4v) is 4.97. The van der Waals surface area contributed by atoms with E-state index in [2.05, 4.69) is 0 Å². The number of nitrogens with zero attached hydrogens (tertiary/aromatic N) is 2. The zero-order chi connectivity index (χ0) is 19.6. The molecule has 1 aliphatic heterocycles. The first-order valence-corrected chi connectivity index (χ1v) is 10.3. The zero-order valence-corrected chi connectivity index (χ0v) is 16.2. The highest BCUT2D eigenvalue weighted by Gasteiger charge is 2.40. The standard InChI is InChI=1S/C20H23FN2O3S/c1-15-5-11-18(12-6-15)27(25,26)23-13-3-4-19(23)20(24)22(2)14-16-7-9-17(21)10-8-16/h5-12,19H,3-4,13-14H2,1-2H3. The van der Waals surface area contributed by atoms with Gasteiger partial charge in [-0.2, -0.15) is 4.31 Å². The van der Waals surface area contributed by atoms with Crippen molar-refractivity contribution >= 4 is 15.9 Å². The highest BCUT2D eigenvalue weighted by molar-refractivity contribution is 7.89. The predicted molar refractivity (Wildman–Crippen MR) is 101 cm³/mol. The number of amides is 1. The minimum absolute atomic E-state index is 0.203. The molecule has 0 saturated carbocycles. The molecule has 1 saturated heterocycles. The van der Waals surface area contributed by atoms with Crippen molar-refractivity contribution in [2.45, 2.75) is 37.2 Å². The molecule has 2 aromatic carbocycles. The summed E-state index contributed by atoms with van der Waals surface area (Å²) in [6.07, 6.45) is 1.14. The Kier molecular flexibility index (Phi) is 5.62. The molecular weight excluding hydrogens is 367 g/mol. The average molecular weight is 390 g/mol. The van der Waals surface area contributed by atoms with Crippen LogP contribution in [0.25, 0.3) is 0 Å². The van der Waals surface area contributed by atoms with E-state index in [1.807, 2.05) is 6.92 Å². The minimum Gasteiger partial charge on any atom is -0.340 e. The number of aryl methyl sites for hydroxylation is 1. The molecule has 0 aromatic heterocycles. The fourth-order valence-electron chi connectivity index (χ4n) is 3.32. The maximum absolute atomic E-state index is 13.0. The lowest BCUT2D eigenvalue weighted by Crippen LogP contribution is -2.46. The van der Waals surface area contributed by atoms with Crippen LogP contribution in [-0.4, -0.2) is 43.2 Å². The monoisotopic (exact) mass is 390 g/mol. The lowest BCUT2D eigenvalue weighted by Gasteiger charge is -2.27. The van der Waals surface area contributed by atoms with Gasteiger partial charge in [0.05, 0.1) is 4.90 Å². The normalized spacial score (nSPS) is 17.8. The van der Waals surface area contributed by atoms with Crippen LogP contribution >= 0.6 is 0 Å². The van der Waals surface area contributed by atoms with Crippen LogP contribution < -0.4 is 0 Å². The highest BCUT2D eigenvalue weighted by atomic mass is 32.2. The van der Waals surface area contributed by atoms with Gasteiger partial charge >= 0.3 is 0 Å². The molecule has 3 rings (SSSR count). The Morgan fingerprint density at radius 2 is 1.78 bits per heavy atom. The number of carbonyl (C=O) groups is 1. The molecule has 1 fully saturated rings. The Morgan fingerprint density at radius 3 is 2.41 bits per heavy atom. The van der Waals surface area contributed by atoms with Gasteiger partial charge in [-0.15, -0.1) is 0 Å². The lowest BCUT2D eigenvalue weighted by molar-refractivity contribution is -0.133. The molecule has 144 valence electrons. The van der Waals surface area contributed by atoms with Crippen molar-refractivity contribution in [2.24, 2.45) is 0 Å². The smallest absolute Gasteiger partial charge is 0.243 e. The van der Waals surface area contributed by atoms with Crippen molar-refractivity contribution in [1.82, 2.24) is 9.21 Å². The lowest BCUT2D eigenvalue weighted by atomic mass is 10.1. The van der Waals surface area contributed by atoms with Crippen LogP contribution in [-0.2, 0) is 21.4 Å². The first-order chi connectivity index (χ1) is 12.8. The number of hydrogen-bond acceptors (Lipinski definition) is 3. The van der Waals surface area contributed by atoms with Gasteiger partial charge in [-0.1, -0.05) is 29.8 Å². The van der Waals surface area contributed by atoms with E-state index in [1.165, 1.54) is 21.3 Å². The van der Waals surface area contributed by atoms with E-state index in [9.17, 15) is 17.6 Å². The number of benzene rings is 2. The number of carbonyl (C=O) groups excluding carboxylic acids is 1. The Balaban J connectivity index is 1.77. The summed E-state index contributed by atoms with van der Waals surface area (Å²) in [6.45, 7) is 2.52. The van der Waals surface area contributed by atoms with E-state index in [0.717, 1.165) is 11.1 Å². The van der Waals surface area contributed by atoms with E-state index in [4.69, 9.17) is 0 Å². The molecule has 1 unspecified atom stereocenters. The molecule has 0 bridgehead atoms. The van der Waals surface area contributed by atoms with Gasteiger partial charge in [-0.05, 0) is 49.6 Å². The summed E-state index contributed by atoms with van der Waals surface area (Å²) in [5, 5.41) is 0. The van der Waals surface area contributed by atoms with Crippen molar-refractivity contribution in [3.8, 4) is 0 Å². The molecule has 5 nitrogen and oxygen atoms in total. The molecule has 0 spiro atoms.